The average molecular weight is 299 g/mol. The lowest BCUT2D eigenvalue weighted by Crippen LogP contribution is -2.36. The molecule has 0 aliphatic carbocycles. The molecule has 2 aromatic rings. The first-order chi connectivity index (χ1) is 8.91. The molecular weight excluding hydrogens is 282 g/mol. The van der Waals surface area contributed by atoms with Crippen LogP contribution in [0.2, 0.25) is 0 Å². The molecule has 0 spiro atoms. The van der Waals surface area contributed by atoms with Gasteiger partial charge in [-0.25, -0.2) is 13.4 Å². The quantitative estimate of drug-likeness (QED) is 0.922. The molecule has 2 aromatic heterocycles. The number of hydrogen-bond acceptors (Lipinski definition) is 4. The van der Waals surface area contributed by atoms with Gasteiger partial charge in [-0.15, -0.1) is 11.3 Å². The van der Waals surface area contributed by atoms with Crippen LogP contribution in [0.15, 0.2) is 28.7 Å². The first-order valence-corrected chi connectivity index (χ1v) is 8.29. The van der Waals surface area contributed by atoms with Crippen LogP contribution in [0.3, 0.4) is 0 Å². The van der Waals surface area contributed by atoms with Gasteiger partial charge in [-0.2, -0.15) is 4.31 Å². The molecule has 0 saturated heterocycles. The van der Waals surface area contributed by atoms with Crippen LogP contribution in [0.25, 0.3) is 0 Å². The molecule has 1 N–H and O–H groups in total. The smallest absolute Gasteiger partial charge is 0.260 e. The maximum atomic E-state index is 12.6. The minimum Gasteiger partial charge on any atom is -0.332 e. The third kappa shape index (κ3) is 3.05. The number of sulfonamides is 1. The van der Waals surface area contributed by atoms with Crippen LogP contribution < -0.4 is 0 Å². The predicted molar refractivity (Wildman–Crippen MR) is 75.5 cm³/mol. The Morgan fingerprint density at radius 3 is 2.68 bits per heavy atom. The fourth-order valence-electron chi connectivity index (χ4n) is 1.76. The van der Waals surface area contributed by atoms with E-state index in [1.165, 1.54) is 10.5 Å². The summed E-state index contributed by atoms with van der Waals surface area (Å²) in [5.74, 6) is 0.596. The number of nitrogens with one attached hydrogen (secondary N) is 1. The van der Waals surface area contributed by atoms with Crippen molar-refractivity contribution in [1.82, 2.24) is 14.3 Å². The van der Waals surface area contributed by atoms with Gasteiger partial charge in [0.2, 0.25) is 0 Å². The zero-order valence-electron chi connectivity index (χ0n) is 11.1. The molecule has 19 heavy (non-hydrogen) atoms. The second-order valence-electron chi connectivity index (χ2n) is 4.56. The third-order valence-corrected chi connectivity index (χ3v) is 5.53. The summed E-state index contributed by atoms with van der Waals surface area (Å²) in [6, 6.07) is 3.75. The van der Waals surface area contributed by atoms with Gasteiger partial charge in [0.05, 0.1) is 6.20 Å². The topological polar surface area (TPSA) is 66.1 Å². The fourth-order valence-corrected chi connectivity index (χ4v) is 4.12. The first-order valence-electron chi connectivity index (χ1n) is 5.97. The van der Waals surface area contributed by atoms with Gasteiger partial charge in [0.1, 0.15) is 5.82 Å². The van der Waals surface area contributed by atoms with Gasteiger partial charge >= 0.3 is 0 Å². The molecule has 0 bridgehead atoms. The molecule has 0 aromatic carbocycles. The Morgan fingerprint density at radius 2 is 2.21 bits per heavy atom. The Morgan fingerprint density at radius 1 is 1.47 bits per heavy atom. The molecule has 0 amide bonds. The van der Waals surface area contributed by atoms with Crippen LogP contribution in [0.5, 0.6) is 0 Å². The van der Waals surface area contributed by atoms with Crippen LogP contribution in [0, 0.1) is 6.92 Å². The van der Waals surface area contributed by atoms with E-state index < -0.39 is 10.0 Å². The van der Waals surface area contributed by atoms with Crippen molar-refractivity contribution >= 4 is 21.4 Å². The van der Waals surface area contributed by atoms with Crippen LogP contribution in [0.1, 0.15) is 24.5 Å². The second kappa shape index (κ2) is 5.44. The Hall–Kier alpha value is -1.18. The number of aryl methyl sites for hydroxylation is 1. The minimum absolute atomic E-state index is 0.115. The van der Waals surface area contributed by atoms with E-state index in [0.29, 0.717) is 12.4 Å². The number of aromatic nitrogens is 2. The summed E-state index contributed by atoms with van der Waals surface area (Å²) in [5.41, 5.74) is 0. The van der Waals surface area contributed by atoms with Crippen LogP contribution in [0.4, 0.5) is 0 Å². The second-order valence-corrected chi connectivity index (χ2v) is 7.45. The maximum Gasteiger partial charge on any atom is 0.260 e. The molecular formula is C12H17N3O2S2. The summed E-state index contributed by atoms with van der Waals surface area (Å²) >= 11 is 1.55. The van der Waals surface area contributed by atoms with Gasteiger partial charge in [-0.1, -0.05) is 6.07 Å². The average Bonchev–Trinajstić information content (AvgIpc) is 2.96. The minimum atomic E-state index is -3.53. The molecule has 5 nitrogen and oxygen atoms in total. The molecule has 0 radical (unpaired) electrons. The molecule has 7 heteroatoms. The zero-order valence-corrected chi connectivity index (χ0v) is 12.8. The Labute approximate surface area is 117 Å². The lowest BCUT2D eigenvalue weighted by molar-refractivity contribution is 0.349. The highest BCUT2D eigenvalue weighted by Gasteiger charge is 2.28. The zero-order chi connectivity index (χ0) is 14.0. The third-order valence-electron chi connectivity index (χ3n) is 2.73. The largest absolute Gasteiger partial charge is 0.332 e. The highest BCUT2D eigenvalue weighted by molar-refractivity contribution is 7.89. The van der Waals surface area contributed by atoms with E-state index in [1.807, 2.05) is 31.4 Å². The number of H-pyrrole nitrogens is 1. The first kappa shape index (κ1) is 14.2. The number of aromatic amines is 1. The van der Waals surface area contributed by atoms with E-state index in [2.05, 4.69) is 9.97 Å². The summed E-state index contributed by atoms with van der Waals surface area (Å²) < 4.78 is 26.6. The molecule has 0 unspecified atom stereocenters. The molecule has 0 saturated carbocycles. The number of nitrogens with zero attached hydrogens (tertiary/aromatic N) is 2. The standard InChI is InChI=1S/C12H17N3O2S2/c1-9(2)15(8-11-5-4-6-18-11)19(16,17)12-7-13-10(3)14-12/h4-7,9H,8H2,1-3H3,(H,13,14). The summed E-state index contributed by atoms with van der Waals surface area (Å²) in [6.45, 7) is 5.86. The van der Waals surface area contributed by atoms with Crippen LogP contribution >= 0.6 is 11.3 Å². The number of imidazole rings is 1. The Kier molecular flexibility index (Phi) is 4.07. The van der Waals surface area contributed by atoms with Crippen molar-refractivity contribution in [3.63, 3.8) is 0 Å². The lowest BCUT2D eigenvalue weighted by atomic mass is 10.4. The number of hydrogen-bond donors (Lipinski definition) is 1. The Bertz CT molecular complexity index is 630. The monoisotopic (exact) mass is 299 g/mol. The van der Waals surface area contributed by atoms with E-state index in [-0.39, 0.29) is 11.1 Å². The lowest BCUT2D eigenvalue weighted by Gasteiger charge is -2.24. The molecule has 0 atom stereocenters. The van der Waals surface area contributed by atoms with Crippen molar-refractivity contribution < 1.29 is 8.42 Å². The van der Waals surface area contributed by atoms with Crippen molar-refractivity contribution in [2.45, 2.75) is 38.4 Å². The van der Waals surface area contributed by atoms with Gasteiger partial charge in [-0.05, 0) is 32.2 Å². The van der Waals surface area contributed by atoms with Crippen molar-refractivity contribution in [2.75, 3.05) is 0 Å². The highest BCUT2D eigenvalue weighted by Crippen LogP contribution is 2.21. The fraction of sp³-hybridized carbons (Fsp3) is 0.417. The van der Waals surface area contributed by atoms with Crippen molar-refractivity contribution in [3.05, 3.63) is 34.4 Å². The molecule has 2 rings (SSSR count). The summed E-state index contributed by atoms with van der Waals surface area (Å²) in [5, 5.41) is 2.09. The SMILES string of the molecule is Cc1ncc(S(=O)(=O)N(Cc2cccs2)C(C)C)[nH]1. The highest BCUT2D eigenvalue weighted by atomic mass is 32.2. The number of thiophene rings is 1. The van der Waals surface area contributed by atoms with E-state index in [1.54, 1.807) is 18.3 Å². The molecule has 2 heterocycles. The number of rotatable bonds is 5. The molecule has 0 aliphatic rings. The summed E-state index contributed by atoms with van der Waals surface area (Å²) in [7, 11) is -3.53. The van der Waals surface area contributed by atoms with Crippen molar-refractivity contribution in [3.8, 4) is 0 Å². The Balaban J connectivity index is 2.33. The van der Waals surface area contributed by atoms with E-state index in [4.69, 9.17) is 0 Å². The van der Waals surface area contributed by atoms with Crippen molar-refractivity contribution in [2.24, 2.45) is 0 Å². The van der Waals surface area contributed by atoms with Crippen LogP contribution in [-0.4, -0.2) is 28.7 Å². The molecule has 104 valence electrons. The van der Waals surface area contributed by atoms with E-state index in [0.717, 1.165) is 4.88 Å². The van der Waals surface area contributed by atoms with Gasteiger partial charge in [0.25, 0.3) is 10.0 Å². The normalized spacial score (nSPS) is 12.5. The maximum absolute atomic E-state index is 12.6. The van der Waals surface area contributed by atoms with E-state index >= 15 is 0 Å². The molecule has 0 aliphatic heterocycles. The van der Waals surface area contributed by atoms with Gasteiger partial charge < -0.3 is 4.98 Å². The van der Waals surface area contributed by atoms with Gasteiger partial charge in [0, 0.05) is 17.5 Å². The van der Waals surface area contributed by atoms with Crippen molar-refractivity contribution in [1.29, 1.82) is 0 Å². The van der Waals surface area contributed by atoms with Gasteiger partial charge in [0.15, 0.2) is 5.03 Å². The van der Waals surface area contributed by atoms with Crippen LogP contribution in [-0.2, 0) is 16.6 Å². The summed E-state index contributed by atoms with van der Waals surface area (Å²) in [6.07, 6.45) is 1.37. The predicted octanol–water partition coefficient (Wildman–Crippen LogP) is 2.38. The van der Waals surface area contributed by atoms with E-state index in [9.17, 15) is 8.42 Å². The summed E-state index contributed by atoms with van der Waals surface area (Å²) in [4.78, 5) is 7.78. The van der Waals surface area contributed by atoms with Gasteiger partial charge in [-0.3, -0.25) is 0 Å². The molecule has 0 fully saturated rings.